The number of hydrogen-bond acceptors (Lipinski definition) is 5. The van der Waals surface area contributed by atoms with Crippen LogP contribution in [0.2, 0.25) is 0 Å². The highest BCUT2D eigenvalue weighted by Gasteiger charge is 2.11. The first-order valence-electron chi connectivity index (χ1n) is 4.87. The molecule has 0 atom stereocenters. The lowest BCUT2D eigenvalue weighted by Crippen LogP contribution is -2.13. The van der Waals surface area contributed by atoms with E-state index in [1.807, 2.05) is 13.8 Å². The van der Waals surface area contributed by atoms with Crippen molar-refractivity contribution in [1.82, 2.24) is 4.98 Å². The van der Waals surface area contributed by atoms with Crippen LogP contribution in [0, 0.1) is 0 Å². The van der Waals surface area contributed by atoms with Crippen molar-refractivity contribution >= 4 is 27.7 Å². The summed E-state index contributed by atoms with van der Waals surface area (Å²) >= 11 is 3.20. The van der Waals surface area contributed by atoms with Gasteiger partial charge in [0, 0.05) is 6.20 Å². The fourth-order valence-corrected chi connectivity index (χ4v) is 1.29. The van der Waals surface area contributed by atoms with Crippen molar-refractivity contribution in [3.63, 3.8) is 0 Å². The monoisotopic (exact) mass is 289 g/mol. The van der Waals surface area contributed by atoms with E-state index in [0.717, 1.165) is 0 Å². The Hall–Kier alpha value is -1.14. The van der Waals surface area contributed by atoms with Crippen LogP contribution in [0.15, 0.2) is 16.7 Å². The summed E-state index contributed by atoms with van der Waals surface area (Å²) in [6.45, 7) is 4.26. The largest absolute Gasteiger partial charge is 0.465 e. The molecule has 0 amide bonds. The van der Waals surface area contributed by atoms with Gasteiger partial charge in [-0.25, -0.2) is 9.78 Å². The first-order valence-corrected chi connectivity index (χ1v) is 5.66. The third-order valence-corrected chi connectivity index (χ3v) is 2.18. The number of pyridine rings is 1. The maximum Gasteiger partial charge on any atom is 0.339 e. The van der Waals surface area contributed by atoms with Crippen molar-refractivity contribution in [3.05, 3.63) is 22.3 Å². The zero-order chi connectivity index (χ0) is 12.6. The zero-order valence-electron chi connectivity index (χ0n) is 9.58. The predicted octanol–water partition coefficient (Wildman–Crippen LogP) is 1.98. The van der Waals surface area contributed by atoms with Crippen LogP contribution in [-0.4, -0.2) is 24.7 Å². The molecule has 1 rings (SSSR count). The molecule has 1 aromatic heterocycles. The third kappa shape index (κ3) is 4.16. The summed E-state index contributed by atoms with van der Waals surface area (Å²) in [5.74, 6) is 0.121. The number of carbonyl (C=O) groups excluding carboxylic acids is 1. The molecule has 0 bridgehead atoms. The normalized spacial score (nSPS) is 8.81. The minimum atomic E-state index is -0.417. The Morgan fingerprint density at radius 3 is 2.75 bits per heavy atom. The van der Waals surface area contributed by atoms with Gasteiger partial charge in [-0.2, -0.15) is 0 Å². The molecule has 0 fully saturated rings. The molecule has 0 aliphatic heterocycles. The molecular weight excluding hydrogens is 274 g/mol. The number of esters is 1. The zero-order valence-corrected chi connectivity index (χ0v) is 11.2. The number of nitrogens with zero attached hydrogens (tertiary/aromatic N) is 1. The average molecular weight is 290 g/mol. The molecule has 1 aromatic rings. The van der Waals surface area contributed by atoms with E-state index in [4.69, 9.17) is 5.73 Å². The summed E-state index contributed by atoms with van der Waals surface area (Å²) in [5, 5.41) is 2.79. The van der Waals surface area contributed by atoms with E-state index in [2.05, 4.69) is 31.0 Å². The molecule has 0 unspecified atom stereocenters. The van der Waals surface area contributed by atoms with Gasteiger partial charge < -0.3 is 15.8 Å². The first-order chi connectivity index (χ1) is 7.69. The number of nitrogens with two attached hydrogens (primary N) is 1. The second kappa shape index (κ2) is 8.06. The van der Waals surface area contributed by atoms with Gasteiger partial charge in [-0.05, 0) is 22.0 Å². The minimum Gasteiger partial charge on any atom is -0.465 e. The predicted molar refractivity (Wildman–Crippen MR) is 67.3 cm³/mol. The molecule has 0 aliphatic carbocycles. The number of anilines is 1. The highest BCUT2D eigenvalue weighted by Crippen LogP contribution is 2.19. The van der Waals surface area contributed by atoms with Crippen LogP contribution < -0.4 is 11.1 Å². The molecule has 0 aliphatic rings. The van der Waals surface area contributed by atoms with Crippen LogP contribution in [-0.2, 0) is 4.74 Å². The molecule has 0 aromatic carbocycles. The van der Waals surface area contributed by atoms with Crippen LogP contribution in [0.1, 0.15) is 24.2 Å². The Morgan fingerprint density at radius 1 is 1.62 bits per heavy atom. The Labute approximate surface area is 104 Å². The summed E-state index contributed by atoms with van der Waals surface area (Å²) < 4.78 is 5.18. The van der Waals surface area contributed by atoms with Gasteiger partial charge in [-0.3, -0.25) is 0 Å². The summed E-state index contributed by atoms with van der Waals surface area (Å²) in [6, 6.07) is 1.57. The Morgan fingerprint density at radius 2 is 2.25 bits per heavy atom. The van der Waals surface area contributed by atoms with Crippen LogP contribution in [0.4, 0.5) is 5.82 Å². The number of rotatable bonds is 3. The van der Waals surface area contributed by atoms with E-state index in [-0.39, 0.29) is 6.67 Å². The number of methoxy groups -OCH3 is 1. The first kappa shape index (κ1) is 14.9. The maximum atomic E-state index is 11.3. The molecule has 0 radical (unpaired) electrons. The molecule has 5 nitrogen and oxygen atoms in total. The average Bonchev–Trinajstić information content (AvgIpc) is 2.33. The molecule has 16 heavy (non-hydrogen) atoms. The number of aromatic nitrogens is 1. The number of ether oxygens (including phenoxy) is 1. The van der Waals surface area contributed by atoms with E-state index in [1.165, 1.54) is 13.3 Å². The van der Waals surface area contributed by atoms with Gasteiger partial charge in [0.2, 0.25) is 0 Å². The highest BCUT2D eigenvalue weighted by molar-refractivity contribution is 9.10. The van der Waals surface area contributed by atoms with Crippen LogP contribution in [0.5, 0.6) is 0 Å². The number of carbonyl (C=O) groups is 1. The van der Waals surface area contributed by atoms with E-state index in [1.54, 1.807) is 6.07 Å². The molecular formula is C10H16BrN3O2. The lowest BCUT2D eigenvalue weighted by Gasteiger charge is -2.05. The van der Waals surface area contributed by atoms with Gasteiger partial charge in [-0.1, -0.05) is 13.8 Å². The molecule has 1 heterocycles. The summed E-state index contributed by atoms with van der Waals surface area (Å²) in [7, 11) is 1.32. The fraction of sp³-hybridized carbons (Fsp3) is 0.400. The quantitative estimate of drug-likeness (QED) is 0.657. The molecule has 0 spiro atoms. The molecule has 3 N–H and O–H groups in total. The van der Waals surface area contributed by atoms with Crippen molar-refractivity contribution in [2.75, 3.05) is 19.1 Å². The fourth-order valence-electron chi connectivity index (χ4n) is 0.906. The van der Waals surface area contributed by atoms with E-state index < -0.39 is 5.97 Å². The number of halogens is 1. The van der Waals surface area contributed by atoms with Gasteiger partial charge >= 0.3 is 5.97 Å². The summed E-state index contributed by atoms with van der Waals surface area (Å²) in [5.41, 5.74) is 5.69. The Balaban J connectivity index is 0.00000106. The Kier molecular flexibility index (Phi) is 7.49. The van der Waals surface area contributed by atoms with Gasteiger partial charge in [0.1, 0.15) is 5.82 Å². The molecule has 90 valence electrons. The van der Waals surface area contributed by atoms with E-state index in [9.17, 15) is 4.79 Å². The van der Waals surface area contributed by atoms with Crippen LogP contribution >= 0.6 is 15.9 Å². The molecule has 0 saturated carbocycles. The van der Waals surface area contributed by atoms with Gasteiger partial charge in [0.15, 0.2) is 0 Å². The summed E-state index contributed by atoms with van der Waals surface area (Å²) in [4.78, 5) is 15.3. The van der Waals surface area contributed by atoms with E-state index >= 15 is 0 Å². The minimum absolute atomic E-state index is 0.259. The van der Waals surface area contributed by atoms with Crippen molar-refractivity contribution in [2.24, 2.45) is 5.73 Å². The molecule has 0 saturated heterocycles. The van der Waals surface area contributed by atoms with Crippen LogP contribution in [0.25, 0.3) is 0 Å². The standard InChI is InChI=1S/C8H10BrN3O2.C2H6/c1-14-8(13)5-2-7(12-4-10)11-3-6(5)9;1-2/h2-3H,4,10H2,1H3,(H,11,12);1-2H3. The summed E-state index contributed by atoms with van der Waals surface area (Å²) in [6.07, 6.45) is 1.52. The smallest absolute Gasteiger partial charge is 0.339 e. The Bertz CT molecular complexity index is 345. The topological polar surface area (TPSA) is 77.2 Å². The van der Waals surface area contributed by atoms with Gasteiger partial charge in [0.05, 0.1) is 23.8 Å². The second-order valence-electron chi connectivity index (χ2n) is 2.42. The van der Waals surface area contributed by atoms with Crippen molar-refractivity contribution < 1.29 is 9.53 Å². The lowest BCUT2D eigenvalue weighted by atomic mass is 10.2. The molecule has 6 heteroatoms. The van der Waals surface area contributed by atoms with Crippen LogP contribution in [0.3, 0.4) is 0 Å². The number of hydrogen-bond donors (Lipinski definition) is 2. The maximum absolute atomic E-state index is 11.3. The second-order valence-corrected chi connectivity index (χ2v) is 3.28. The van der Waals surface area contributed by atoms with Crippen molar-refractivity contribution in [3.8, 4) is 0 Å². The van der Waals surface area contributed by atoms with Crippen molar-refractivity contribution in [1.29, 1.82) is 0 Å². The van der Waals surface area contributed by atoms with Gasteiger partial charge in [-0.15, -0.1) is 0 Å². The SMILES string of the molecule is CC.COC(=O)c1cc(NCN)ncc1Br. The lowest BCUT2D eigenvalue weighted by molar-refractivity contribution is 0.0599. The van der Waals surface area contributed by atoms with E-state index in [0.29, 0.717) is 15.9 Å². The van der Waals surface area contributed by atoms with Crippen molar-refractivity contribution in [2.45, 2.75) is 13.8 Å². The van der Waals surface area contributed by atoms with Gasteiger partial charge in [0.25, 0.3) is 0 Å². The highest BCUT2D eigenvalue weighted by atomic mass is 79.9. The number of nitrogens with one attached hydrogen (secondary N) is 1. The third-order valence-electron chi connectivity index (χ3n) is 1.54.